The van der Waals surface area contributed by atoms with Gasteiger partial charge in [0.25, 0.3) is 0 Å². The van der Waals surface area contributed by atoms with E-state index in [9.17, 15) is 14.7 Å². The molecule has 0 bridgehead atoms. The molecule has 4 rings (SSSR count). The zero-order valence-corrected chi connectivity index (χ0v) is 17.6. The minimum absolute atomic E-state index is 0.128. The van der Waals surface area contributed by atoms with Crippen LogP contribution in [0.3, 0.4) is 0 Å². The molecule has 3 heterocycles. The number of aliphatic carboxylic acids is 1. The highest BCUT2D eigenvalue weighted by Crippen LogP contribution is 2.36. The van der Waals surface area contributed by atoms with Crippen LogP contribution in [-0.4, -0.2) is 60.8 Å². The van der Waals surface area contributed by atoms with Crippen molar-refractivity contribution >= 4 is 11.9 Å². The molecule has 10 nitrogen and oxygen atoms in total. The summed E-state index contributed by atoms with van der Waals surface area (Å²) in [6.45, 7) is 2.81. The van der Waals surface area contributed by atoms with Gasteiger partial charge in [-0.2, -0.15) is 0 Å². The van der Waals surface area contributed by atoms with Gasteiger partial charge in [-0.15, -0.1) is 0 Å². The number of carboxylic acid groups (broad SMARTS) is 1. The maximum Gasteiger partial charge on any atom is 0.329 e. The van der Waals surface area contributed by atoms with Crippen LogP contribution in [0.2, 0.25) is 0 Å². The number of hydrogen-bond acceptors (Lipinski definition) is 8. The first-order valence-electron chi connectivity index (χ1n) is 10.2. The van der Waals surface area contributed by atoms with Gasteiger partial charge in [-0.05, 0) is 36.8 Å². The van der Waals surface area contributed by atoms with Crippen LogP contribution in [0.4, 0.5) is 0 Å². The molecule has 1 aromatic carbocycles. The third kappa shape index (κ3) is 5.10. The van der Waals surface area contributed by atoms with E-state index in [0.29, 0.717) is 11.5 Å². The van der Waals surface area contributed by atoms with Gasteiger partial charge in [0.05, 0.1) is 12.9 Å². The second kappa shape index (κ2) is 9.70. The summed E-state index contributed by atoms with van der Waals surface area (Å²) in [7, 11) is 0. The minimum Gasteiger partial charge on any atom is -0.480 e. The minimum atomic E-state index is -1.15. The molecular formula is C22H25NO9. The number of carbonyl (C=O) groups is 2. The van der Waals surface area contributed by atoms with Crippen molar-refractivity contribution < 1.29 is 42.8 Å². The van der Waals surface area contributed by atoms with Crippen LogP contribution >= 0.6 is 0 Å². The zero-order valence-electron chi connectivity index (χ0n) is 17.6. The third-order valence-electron chi connectivity index (χ3n) is 5.13. The van der Waals surface area contributed by atoms with E-state index < -0.39 is 49.5 Å². The molecule has 2 fully saturated rings. The molecule has 2 aliphatic rings. The van der Waals surface area contributed by atoms with Crippen molar-refractivity contribution in [1.29, 1.82) is 0 Å². The molecule has 6 atom stereocenters. The Morgan fingerprint density at radius 1 is 1.22 bits per heavy atom. The van der Waals surface area contributed by atoms with Gasteiger partial charge >= 0.3 is 5.97 Å². The van der Waals surface area contributed by atoms with Gasteiger partial charge in [0.2, 0.25) is 18.5 Å². The number of benzene rings is 1. The molecule has 0 aliphatic carbocycles. The number of aryl methyl sites for hydroxylation is 1. The van der Waals surface area contributed by atoms with Gasteiger partial charge in [0, 0.05) is 6.92 Å². The van der Waals surface area contributed by atoms with Crippen LogP contribution in [0.1, 0.15) is 24.5 Å². The highest BCUT2D eigenvalue weighted by molar-refractivity contribution is 5.73. The number of nitrogens with one attached hydrogen (secondary N) is 1. The van der Waals surface area contributed by atoms with E-state index in [1.54, 1.807) is 18.2 Å². The van der Waals surface area contributed by atoms with Gasteiger partial charge < -0.3 is 38.5 Å². The smallest absolute Gasteiger partial charge is 0.329 e. The molecule has 10 heteroatoms. The molecule has 2 aromatic rings. The molecular weight excluding hydrogens is 422 g/mol. The number of furan rings is 1. The summed E-state index contributed by atoms with van der Waals surface area (Å²) in [5.74, 6) is -0.518. The maximum atomic E-state index is 12.0. The van der Waals surface area contributed by atoms with E-state index in [1.807, 2.05) is 25.1 Å². The van der Waals surface area contributed by atoms with E-state index in [4.69, 9.17) is 28.1 Å². The largest absolute Gasteiger partial charge is 0.480 e. The molecule has 0 spiro atoms. The standard InChI is InChI=1S/C22H25NO9/c1-12-5-3-6-14(9-12)30-22-18(23-13(2)24)20(28-11-17(25)26)19-16(31-22)10-29-21(32-19)15-7-4-8-27-15/h3-9,16,18-22H,10-11H2,1-2H3,(H,23,24)(H,25,26). The summed E-state index contributed by atoms with van der Waals surface area (Å²) in [5.41, 5.74) is 0.983. The molecule has 0 radical (unpaired) electrons. The Labute approximate surface area is 184 Å². The van der Waals surface area contributed by atoms with Crippen molar-refractivity contribution in [3.05, 3.63) is 54.0 Å². The van der Waals surface area contributed by atoms with Gasteiger partial charge in [0.15, 0.2) is 5.76 Å². The molecule has 1 aromatic heterocycles. The highest BCUT2D eigenvalue weighted by Gasteiger charge is 2.52. The summed E-state index contributed by atoms with van der Waals surface area (Å²) in [5, 5.41) is 12.0. The Hall–Kier alpha value is -2.92. The molecule has 172 valence electrons. The van der Waals surface area contributed by atoms with E-state index in [1.165, 1.54) is 13.2 Å². The van der Waals surface area contributed by atoms with Gasteiger partial charge in [-0.25, -0.2) is 4.79 Å². The van der Waals surface area contributed by atoms with Crippen molar-refractivity contribution in [2.45, 2.75) is 50.8 Å². The number of hydrogen-bond donors (Lipinski definition) is 2. The Balaban J connectivity index is 1.61. The zero-order chi connectivity index (χ0) is 22.7. The van der Waals surface area contributed by atoms with Crippen molar-refractivity contribution in [2.75, 3.05) is 13.2 Å². The molecule has 1 amide bonds. The first-order valence-corrected chi connectivity index (χ1v) is 10.2. The van der Waals surface area contributed by atoms with E-state index >= 15 is 0 Å². The lowest BCUT2D eigenvalue weighted by Crippen LogP contribution is -2.68. The molecule has 6 unspecified atom stereocenters. The fourth-order valence-electron chi connectivity index (χ4n) is 3.82. The summed E-state index contributed by atoms with van der Waals surface area (Å²) < 4.78 is 35.0. The summed E-state index contributed by atoms with van der Waals surface area (Å²) in [6, 6.07) is 9.92. The van der Waals surface area contributed by atoms with Gasteiger partial charge in [0.1, 0.15) is 36.7 Å². The van der Waals surface area contributed by atoms with Crippen LogP contribution in [0.5, 0.6) is 5.75 Å². The summed E-state index contributed by atoms with van der Waals surface area (Å²) in [4.78, 5) is 23.2. The van der Waals surface area contributed by atoms with Crippen LogP contribution < -0.4 is 10.1 Å². The topological polar surface area (TPSA) is 126 Å². The first-order chi connectivity index (χ1) is 15.4. The Bertz CT molecular complexity index is 931. The number of amides is 1. The van der Waals surface area contributed by atoms with Crippen LogP contribution in [0, 0.1) is 6.92 Å². The van der Waals surface area contributed by atoms with Gasteiger partial charge in [-0.1, -0.05) is 12.1 Å². The predicted molar refractivity (Wildman–Crippen MR) is 108 cm³/mol. The van der Waals surface area contributed by atoms with Crippen molar-refractivity contribution in [3.63, 3.8) is 0 Å². The second-order valence-corrected chi connectivity index (χ2v) is 7.65. The fourth-order valence-corrected chi connectivity index (χ4v) is 3.82. The van der Waals surface area contributed by atoms with Crippen molar-refractivity contribution in [3.8, 4) is 5.75 Å². The Morgan fingerprint density at radius 3 is 2.75 bits per heavy atom. The molecule has 2 saturated heterocycles. The lowest BCUT2D eigenvalue weighted by molar-refractivity contribution is -0.340. The summed E-state index contributed by atoms with van der Waals surface area (Å²) >= 11 is 0. The monoisotopic (exact) mass is 447 g/mol. The number of rotatable bonds is 7. The molecule has 2 N–H and O–H groups in total. The number of carbonyl (C=O) groups excluding carboxylic acids is 1. The average Bonchev–Trinajstić information content (AvgIpc) is 3.27. The fraction of sp³-hybridized carbons (Fsp3) is 0.455. The maximum absolute atomic E-state index is 12.0. The normalized spacial score (nSPS) is 29.7. The van der Waals surface area contributed by atoms with Crippen LogP contribution in [-0.2, 0) is 28.5 Å². The van der Waals surface area contributed by atoms with Crippen molar-refractivity contribution in [1.82, 2.24) is 5.32 Å². The SMILES string of the molecule is CC(=O)NC1C(Oc2cccc(C)c2)OC2COC(c3ccco3)OC2C1OCC(=O)O. The number of ether oxygens (including phenoxy) is 5. The Morgan fingerprint density at radius 2 is 2.06 bits per heavy atom. The molecule has 0 saturated carbocycles. The molecule has 2 aliphatic heterocycles. The van der Waals surface area contributed by atoms with Crippen molar-refractivity contribution in [2.24, 2.45) is 0 Å². The molecule has 32 heavy (non-hydrogen) atoms. The number of fused-ring (bicyclic) bond motifs is 1. The van der Waals surface area contributed by atoms with Crippen LogP contribution in [0.25, 0.3) is 0 Å². The van der Waals surface area contributed by atoms with E-state index in [-0.39, 0.29) is 12.5 Å². The highest BCUT2D eigenvalue weighted by atomic mass is 16.8. The Kier molecular flexibility index (Phi) is 6.75. The quantitative estimate of drug-likeness (QED) is 0.653. The summed E-state index contributed by atoms with van der Waals surface area (Å²) in [6.07, 6.45) is -2.54. The second-order valence-electron chi connectivity index (χ2n) is 7.65. The predicted octanol–water partition coefficient (Wildman–Crippen LogP) is 1.78. The van der Waals surface area contributed by atoms with E-state index in [0.717, 1.165) is 5.56 Å². The van der Waals surface area contributed by atoms with E-state index in [2.05, 4.69) is 5.32 Å². The third-order valence-corrected chi connectivity index (χ3v) is 5.13. The first kappa shape index (κ1) is 22.3. The van der Waals surface area contributed by atoms with Gasteiger partial charge in [-0.3, -0.25) is 4.79 Å². The lowest BCUT2D eigenvalue weighted by atomic mass is 9.95. The average molecular weight is 447 g/mol. The van der Waals surface area contributed by atoms with Crippen LogP contribution in [0.15, 0.2) is 47.1 Å². The lowest BCUT2D eigenvalue weighted by Gasteiger charge is -2.48. The number of carboxylic acids is 1.